The van der Waals surface area contributed by atoms with Crippen LogP contribution in [0, 0.1) is 0 Å². The normalized spacial score (nSPS) is 33.6. The molecular formula is C7H8N2O2S. The van der Waals surface area contributed by atoms with Gasteiger partial charge in [0.25, 0.3) is 0 Å². The third-order valence-electron chi connectivity index (χ3n) is 1.83. The lowest BCUT2D eigenvalue weighted by atomic mass is 10.1. The zero-order valence-corrected chi connectivity index (χ0v) is 7.37. The zero-order valence-electron chi connectivity index (χ0n) is 6.56. The minimum absolute atomic E-state index is 0.191. The van der Waals surface area contributed by atoms with E-state index in [0.717, 1.165) is 5.75 Å². The lowest BCUT2D eigenvalue weighted by Gasteiger charge is -2.09. The number of thioether (sulfide) groups is 1. The fraction of sp³-hybridized carbons (Fsp3) is 0.714. The quantitative estimate of drug-likeness (QED) is 0.464. The highest BCUT2D eigenvalue weighted by atomic mass is 32.2. The first-order chi connectivity index (χ1) is 5.79. The van der Waals surface area contributed by atoms with E-state index in [-0.39, 0.29) is 17.3 Å². The number of nitrogens with zero attached hydrogens (tertiary/aromatic N) is 2. The number of isocyanates is 2. The number of hydrogen-bond acceptors (Lipinski definition) is 5. The predicted octanol–water partition coefficient (Wildman–Crippen LogP) is 0.530. The first-order valence-corrected chi connectivity index (χ1v) is 4.60. The molecule has 0 radical (unpaired) electrons. The van der Waals surface area contributed by atoms with Crippen molar-refractivity contribution in [3.05, 3.63) is 0 Å². The van der Waals surface area contributed by atoms with Crippen LogP contribution in [0.2, 0.25) is 0 Å². The summed E-state index contributed by atoms with van der Waals surface area (Å²) in [4.78, 5) is 27.2. The fourth-order valence-corrected chi connectivity index (χ4v) is 2.41. The van der Waals surface area contributed by atoms with Crippen molar-refractivity contribution in [3.8, 4) is 0 Å². The summed E-state index contributed by atoms with van der Waals surface area (Å²) in [6, 6.07) is -0.391. The molecular weight excluding hydrogens is 176 g/mol. The second-order valence-electron chi connectivity index (χ2n) is 2.54. The molecule has 64 valence electrons. The van der Waals surface area contributed by atoms with Crippen molar-refractivity contribution >= 4 is 23.9 Å². The van der Waals surface area contributed by atoms with Gasteiger partial charge in [-0.15, -0.1) is 0 Å². The molecule has 1 aliphatic heterocycles. The van der Waals surface area contributed by atoms with Gasteiger partial charge in [-0.05, 0) is 0 Å². The SMILES string of the molecule is CC1SCC(N=C=O)C1N=C=O. The van der Waals surface area contributed by atoms with Crippen LogP contribution < -0.4 is 0 Å². The Kier molecular flexibility index (Phi) is 3.23. The summed E-state index contributed by atoms with van der Waals surface area (Å²) in [5, 5.41) is 0.230. The van der Waals surface area contributed by atoms with Crippen LogP contribution in [0.1, 0.15) is 6.92 Å². The summed E-state index contributed by atoms with van der Waals surface area (Å²) in [5.41, 5.74) is 0. The average molecular weight is 184 g/mol. The van der Waals surface area contributed by atoms with Crippen molar-refractivity contribution in [3.63, 3.8) is 0 Å². The van der Waals surface area contributed by atoms with E-state index in [1.807, 2.05) is 6.92 Å². The zero-order chi connectivity index (χ0) is 8.97. The molecule has 0 amide bonds. The Morgan fingerprint density at radius 3 is 2.58 bits per heavy atom. The minimum Gasteiger partial charge on any atom is -0.211 e. The predicted molar refractivity (Wildman–Crippen MR) is 45.7 cm³/mol. The number of hydrogen-bond donors (Lipinski definition) is 0. The molecule has 0 N–H and O–H groups in total. The van der Waals surface area contributed by atoms with Gasteiger partial charge in [0.05, 0.1) is 12.1 Å². The maximum atomic E-state index is 10.0. The van der Waals surface area contributed by atoms with Crippen LogP contribution >= 0.6 is 11.8 Å². The minimum atomic E-state index is -0.200. The molecule has 1 saturated heterocycles. The number of rotatable bonds is 2. The Bertz CT molecular complexity index is 256. The van der Waals surface area contributed by atoms with Crippen LogP contribution in [0.4, 0.5) is 0 Å². The Morgan fingerprint density at radius 1 is 1.33 bits per heavy atom. The summed E-state index contributed by atoms with van der Waals surface area (Å²) in [6.07, 6.45) is 2.99. The van der Waals surface area contributed by atoms with Crippen LogP contribution in [0.3, 0.4) is 0 Å². The molecule has 1 rings (SSSR count). The summed E-state index contributed by atoms with van der Waals surface area (Å²) < 4.78 is 0. The van der Waals surface area contributed by atoms with E-state index in [1.165, 1.54) is 12.2 Å². The lowest BCUT2D eigenvalue weighted by Crippen LogP contribution is -2.24. The monoisotopic (exact) mass is 184 g/mol. The smallest absolute Gasteiger partial charge is 0.211 e. The van der Waals surface area contributed by atoms with Gasteiger partial charge >= 0.3 is 0 Å². The van der Waals surface area contributed by atoms with E-state index in [0.29, 0.717) is 0 Å². The van der Waals surface area contributed by atoms with Crippen molar-refractivity contribution in [1.82, 2.24) is 0 Å². The molecule has 0 aromatic heterocycles. The largest absolute Gasteiger partial charge is 0.235 e. The van der Waals surface area contributed by atoms with Crippen molar-refractivity contribution in [2.75, 3.05) is 5.75 Å². The summed E-state index contributed by atoms with van der Waals surface area (Å²) in [7, 11) is 0. The van der Waals surface area contributed by atoms with Gasteiger partial charge in [-0.2, -0.15) is 21.7 Å². The van der Waals surface area contributed by atoms with Gasteiger partial charge in [0.2, 0.25) is 12.2 Å². The highest BCUT2D eigenvalue weighted by Crippen LogP contribution is 2.30. The molecule has 4 nitrogen and oxygen atoms in total. The first kappa shape index (κ1) is 9.20. The third-order valence-corrected chi connectivity index (χ3v) is 3.16. The number of aliphatic imine (C=N–C) groups is 2. The van der Waals surface area contributed by atoms with E-state index in [9.17, 15) is 9.59 Å². The van der Waals surface area contributed by atoms with Crippen LogP contribution in [-0.2, 0) is 9.59 Å². The van der Waals surface area contributed by atoms with E-state index < -0.39 is 0 Å². The highest BCUT2D eigenvalue weighted by molar-refractivity contribution is 8.00. The standard InChI is InChI=1S/C7H8N2O2S/c1-5-7(9-4-11)6(2-12-5)8-3-10/h5-7H,2H2,1H3. The van der Waals surface area contributed by atoms with Gasteiger partial charge < -0.3 is 0 Å². The summed E-state index contributed by atoms with van der Waals surface area (Å²) >= 11 is 1.65. The van der Waals surface area contributed by atoms with Crippen LogP contribution in [0.15, 0.2) is 9.98 Å². The van der Waals surface area contributed by atoms with E-state index in [2.05, 4.69) is 9.98 Å². The average Bonchev–Trinajstić information content (AvgIpc) is 2.37. The van der Waals surface area contributed by atoms with Gasteiger partial charge in [0.15, 0.2) is 0 Å². The molecule has 0 aromatic rings. The Balaban J connectivity index is 2.76. The molecule has 1 heterocycles. The van der Waals surface area contributed by atoms with Crippen molar-refractivity contribution in [1.29, 1.82) is 0 Å². The molecule has 0 aromatic carbocycles. The topological polar surface area (TPSA) is 58.9 Å². The second kappa shape index (κ2) is 4.21. The van der Waals surface area contributed by atoms with Gasteiger partial charge in [-0.1, -0.05) is 6.92 Å². The Morgan fingerprint density at radius 2 is 2.00 bits per heavy atom. The van der Waals surface area contributed by atoms with E-state index >= 15 is 0 Å². The molecule has 12 heavy (non-hydrogen) atoms. The number of carbonyl (C=O) groups excluding carboxylic acids is 2. The van der Waals surface area contributed by atoms with Crippen LogP contribution in [0.5, 0.6) is 0 Å². The lowest BCUT2D eigenvalue weighted by molar-refractivity contribution is 0.533. The van der Waals surface area contributed by atoms with Gasteiger partial charge in [0, 0.05) is 11.0 Å². The molecule has 0 aliphatic carbocycles. The molecule has 1 fully saturated rings. The molecule has 3 unspecified atom stereocenters. The van der Waals surface area contributed by atoms with Crippen LogP contribution in [0.25, 0.3) is 0 Å². The van der Waals surface area contributed by atoms with E-state index in [4.69, 9.17) is 0 Å². The van der Waals surface area contributed by atoms with Gasteiger partial charge in [0.1, 0.15) is 0 Å². The molecule has 0 spiro atoms. The highest BCUT2D eigenvalue weighted by Gasteiger charge is 2.33. The molecule has 5 heteroatoms. The Labute approximate surface area is 74.2 Å². The van der Waals surface area contributed by atoms with Crippen LogP contribution in [-0.4, -0.2) is 35.2 Å². The fourth-order valence-electron chi connectivity index (χ4n) is 1.19. The summed E-state index contributed by atoms with van der Waals surface area (Å²) in [6.45, 7) is 1.95. The molecule has 1 aliphatic rings. The maximum absolute atomic E-state index is 10.0. The first-order valence-electron chi connectivity index (χ1n) is 3.55. The summed E-state index contributed by atoms with van der Waals surface area (Å²) in [5.74, 6) is 0.728. The Hall–Kier alpha value is -0.890. The van der Waals surface area contributed by atoms with Gasteiger partial charge in [-0.25, -0.2) is 9.59 Å². The van der Waals surface area contributed by atoms with E-state index in [1.54, 1.807) is 11.8 Å². The second-order valence-corrected chi connectivity index (χ2v) is 3.95. The van der Waals surface area contributed by atoms with Crippen molar-refractivity contribution in [2.45, 2.75) is 24.3 Å². The van der Waals surface area contributed by atoms with Crippen molar-refractivity contribution < 1.29 is 9.59 Å². The molecule has 0 saturated carbocycles. The van der Waals surface area contributed by atoms with Crippen molar-refractivity contribution in [2.24, 2.45) is 9.98 Å². The maximum Gasteiger partial charge on any atom is 0.235 e. The molecule has 0 bridgehead atoms. The molecule has 3 atom stereocenters. The third kappa shape index (κ3) is 1.83. The van der Waals surface area contributed by atoms with Gasteiger partial charge in [-0.3, -0.25) is 0 Å².